The summed E-state index contributed by atoms with van der Waals surface area (Å²) in [5, 5.41) is 3.65. The Hall–Kier alpha value is -1.03. The number of likely N-dealkylation sites (tertiary alicyclic amines) is 1. The van der Waals surface area contributed by atoms with Gasteiger partial charge in [-0.05, 0) is 45.7 Å². The minimum atomic E-state index is 0.660. The molecule has 1 aromatic heterocycles. The third kappa shape index (κ3) is 3.42. The van der Waals surface area contributed by atoms with Crippen LogP contribution >= 0.6 is 0 Å². The number of likely N-dealkylation sites (N-methyl/N-ethyl adjacent to an activating group) is 1. The Labute approximate surface area is 128 Å². The molecule has 21 heavy (non-hydrogen) atoms. The molecular formula is C17H30N4. The molecule has 4 heteroatoms. The van der Waals surface area contributed by atoms with Crippen LogP contribution in [0.25, 0.3) is 0 Å². The highest BCUT2D eigenvalue weighted by atomic mass is 15.2. The third-order valence-corrected chi connectivity index (χ3v) is 5.22. The van der Waals surface area contributed by atoms with E-state index in [0.29, 0.717) is 12.1 Å². The zero-order chi connectivity index (χ0) is 14.7. The van der Waals surface area contributed by atoms with Crippen LogP contribution in [0.5, 0.6) is 0 Å². The van der Waals surface area contributed by atoms with Gasteiger partial charge < -0.3 is 9.88 Å². The second-order valence-corrected chi connectivity index (χ2v) is 6.71. The first-order valence-electron chi connectivity index (χ1n) is 8.81. The van der Waals surface area contributed by atoms with Crippen LogP contribution in [0.4, 0.5) is 5.95 Å². The van der Waals surface area contributed by atoms with Crippen LogP contribution in [-0.4, -0.2) is 40.1 Å². The first-order chi connectivity index (χ1) is 10.3. The molecule has 3 rings (SSSR count). The highest BCUT2D eigenvalue weighted by molar-refractivity contribution is 5.30. The maximum atomic E-state index is 4.73. The van der Waals surface area contributed by atoms with Gasteiger partial charge in [0.25, 0.3) is 0 Å². The number of hydrogen-bond donors (Lipinski definition) is 1. The van der Waals surface area contributed by atoms with Crippen molar-refractivity contribution < 1.29 is 0 Å². The molecule has 0 spiro atoms. The number of anilines is 1. The highest BCUT2D eigenvalue weighted by Crippen LogP contribution is 2.31. The van der Waals surface area contributed by atoms with Crippen molar-refractivity contribution in [3.05, 3.63) is 11.9 Å². The largest absolute Gasteiger partial charge is 0.354 e. The van der Waals surface area contributed by atoms with Crippen LogP contribution in [0.3, 0.4) is 0 Å². The molecule has 1 saturated heterocycles. The van der Waals surface area contributed by atoms with E-state index in [0.717, 1.165) is 18.2 Å². The van der Waals surface area contributed by atoms with Crippen molar-refractivity contribution in [3.8, 4) is 0 Å². The summed E-state index contributed by atoms with van der Waals surface area (Å²) < 4.78 is 2.42. The summed E-state index contributed by atoms with van der Waals surface area (Å²) in [5.74, 6) is 1.10. The number of imidazole rings is 1. The van der Waals surface area contributed by atoms with Crippen LogP contribution in [-0.2, 0) is 0 Å². The molecule has 1 unspecified atom stereocenters. The van der Waals surface area contributed by atoms with E-state index in [1.54, 1.807) is 0 Å². The summed E-state index contributed by atoms with van der Waals surface area (Å²) in [6.07, 6.45) is 11.7. The standard InChI is InChI=1S/C17H30N4/c1-3-20-11-7-10-16(20)12-18-17-19-14(2)13-21(17)15-8-5-4-6-9-15/h13,15-16H,3-12H2,1-2H3,(H,18,19). The molecule has 2 fully saturated rings. The summed E-state index contributed by atoms with van der Waals surface area (Å²) in [6, 6.07) is 1.35. The number of aromatic nitrogens is 2. The molecular weight excluding hydrogens is 260 g/mol. The van der Waals surface area contributed by atoms with Gasteiger partial charge in [0.15, 0.2) is 0 Å². The topological polar surface area (TPSA) is 33.1 Å². The van der Waals surface area contributed by atoms with Gasteiger partial charge in [-0.15, -0.1) is 0 Å². The molecule has 4 nitrogen and oxygen atoms in total. The summed E-state index contributed by atoms with van der Waals surface area (Å²) >= 11 is 0. The van der Waals surface area contributed by atoms with Crippen molar-refractivity contribution in [2.24, 2.45) is 0 Å². The van der Waals surface area contributed by atoms with Crippen molar-refractivity contribution in [1.29, 1.82) is 0 Å². The normalized spacial score (nSPS) is 24.6. The van der Waals surface area contributed by atoms with Gasteiger partial charge in [0.05, 0.1) is 5.69 Å². The van der Waals surface area contributed by atoms with Gasteiger partial charge in [0.1, 0.15) is 0 Å². The Kier molecular flexibility index (Phi) is 4.84. The van der Waals surface area contributed by atoms with E-state index < -0.39 is 0 Å². The number of nitrogens with one attached hydrogen (secondary N) is 1. The Morgan fingerprint density at radius 1 is 1.19 bits per heavy atom. The Morgan fingerprint density at radius 2 is 2.00 bits per heavy atom. The lowest BCUT2D eigenvalue weighted by Gasteiger charge is -2.26. The van der Waals surface area contributed by atoms with E-state index in [2.05, 4.69) is 34.8 Å². The van der Waals surface area contributed by atoms with Gasteiger partial charge in [-0.2, -0.15) is 0 Å². The lowest BCUT2D eigenvalue weighted by atomic mass is 9.95. The monoisotopic (exact) mass is 290 g/mol. The number of hydrogen-bond acceptors (Lipinski definition) is 3. The lowest BCUT2D eigenvalue weighted by Crippen LogP contribution is -2.35. The fraction of sp³-hybridized carbons (Fsp3) is 0.824. The molecule has 0 radical (unpaired) electrons. The van der Waals surface area contributed by atoms with Crippen LogP contribution in [0.15, 0.2) is 6.20 Å². The highest BCUT2D eigenvalue weighted by Gasteiger charge is 2.24. The first-order valence-corrected chi connectivity index (χ1v) is 8.81. The van der Waals surface area contributed by atoms with Gasteiger partial charge in [0.2, 0.25) is 5.95 Å². The van der Waals surface area contributed by atoms with E-state index in [9.17, 15) is 0 Å². The van der Waals surface area contributed by atoms with Crippen LogP contribution < -0.4 is 5.32 Å². The van der Waals surface area contributed by atoms with Gasteiger partial charge >= 0.3 is 0 Å². The Morgan fingerprint density at radius 3 is 2.76 bits per heavy atom. The zero-order valence-corrected chi connectivity index (χ0v) is 13.6. The molecule has 0 aromatic carbocycles. The predicted octanol–water partition coefficient (Wildman–Crippen LogP) is 3.59. The fourth-order valence-electron chi connectivity index (χ4n) is 4.04. The molecule has 118 valence electrons. The molecule has 2 aliphatic rings. The van der Waals surface area contributed by atoms with Crippen LogP contribution in [0.1, 0.15) is 63.6 Å². The van der Waals surface area contributed by atoms with E-state index in [1.807, 2.05) is 0 Å². The molecule has 1 atom stereocenters. The smallest absolute Gasteiger partial charge is 0.203 e. The SMILES string of the molecule is CCN1CCCC1CNc1nc(C)cn1C1CCCCC1. The number of aryl methyl sites for hydroxylation is 1. The van der Waals surface area contributed by atoms with Gasteiger partial charge in [-0.25, -0.2) is 4.98 Å². The number of rotatable bonds is 5. The lowest BCUT2D eigenvalue weighted by molar-refractivity contribution is 0.276. The first kappa shape index (κ1) is 14.9. The van der Waals surface area contributed by atoms with E-state index >= 15 is 0 Å². The minimum Gasteiger partial charge on any atom is -0.354 e. The van der Waals surface area contributed by atoms with Gasteiger partial charge in [-0.1, -0.05) is 26.2 Å². The average Bonchev–Trinajstić information content (AvgIpc) is 3.11. The third-order valence-electron chi connectivity index (χ3n) is 5.22. The Balaban J connectivity index is 1.64. The predicted molar refractivity (Wildman–Crippen MR) is 87.8 cm³/mol. The zero-order valence-electron chi connectivity index (χ0n) is 13.6. The maximum Gasteiger partial charge on any atom is 0.203 e. The van der Waals surface area contributed by atoms with E-state index in [-0.39, 0.29) is 0 Å². The average molecular weight is 290 g/mol. The molecule has 1 aliphatic carbocycles. The van der Waals surface area contributed by atoms with Gasteiger partial charge in [0, 0.05) is 24.8 Å². The molecule has 0 bridgehead atoms. The molecule has 1 aromatic rings. The molecule has 0 amide bonds. The molecule has 1 N–H and O–H groups in total. The summed E-state index contributed by atoms with van der Waals surface area (Å²) in [7, 11) is 0. The van der Waals surface area contributed by atoms with Gasteiger partial charge in [-0.3, -0.25) is 4.90 Å². The van der Waals surface area contributed by atoms with E-state index in [1.165, 1.54) is 58.0 Å². The Bertz CT molecular complexity index is 448. The van der Waals surface area contributed by atoms with Crippen molar-refractivity contribution in [3.63, 3.8) is 0 Å². The molecule has 1 aliphatic heterocycles. The van der Waals surface area contributed by atoms with Crippen molar-refractivity contribution in [2.75, 3.05) is 25.0 Å². The summed E-state index contributed by atoms with van der Waals surface area (Å²) in [6.45, 7) is 7.85. The fourth-order valence-corrected chi connectivity index (χ4v) is 4.04. The maximum absolute atomic E-state index is 4.73. The second-order valence-electron chi connectivity index (χ2n) is 6.71. The van der Waals surface area contributed by atoms with Crippen molar-refractivity contribution >= 4 is 5.95 Å². The van der Waals surface area contributed by atoms with Crippen molar-refractivity contribution in [1.82, 2.24) is 14.5 Å². The van der Waals surface area contributed by atoms with Crippen LogP contribution in [0.2, 0.25) is 0 Å². The quantitative estimate of drug-likeness (QED) is 0.899. The van der Waals surface area contributed by atoms with Crippen LogP contribution in [0, 0.1) is 6.92 Å². The second kappa shape index (κ2) is 6.82. The van der Waals surface area contributed by atoms with Crippen molar-refractivity contribution in [2.45, 2.75) is 70.9 Å². The minimum absolute atomic E-state index is 0.660. The van der Waals surface area contributed by atoms with E-state index in [4.69, 9.17) is 4.98 Å². The molecule has 1 saturated carbocycles. The summed E-state index contributed by atoms with van der Waals surface area (Å²) in [5.41, 5.74) is 1.14. The summed E-state index contributed by atoms with van der Waals surface area (Å²) in [4.78, 5) is 7.32. The number of nitrogens with zero attached hydrogens (tertiary/aromatic N) is 3. The molecule has 2 heterocycles.